The predicted octanol–water partition coefficient (Wildman–Crippen LogP) is 6.52. The fourth-order valence-electron chi connectivity index (χ4n) is 4.13. The number of benzene rings is 2. The number of rotatable bonds is 4. The molecule has 31 heavy (non-hydrogen) atoms. The lowest BCUT2D eigenvalue weighted by Gasteiger charge is -2.35. The van der Waals surface area contributed by atoms with E-state index in [2.05, 4.69) is 11.9 Å². The van der Waals surface area contributed by atoms with Crippen molar-refractivity contribution in [1.29, 1.82) is 0 Å². The normalized spacial score (nSPS) is 17.6. The Labute approximate surface area is 190 Å². The molecule has 7 heteroatoms. The minimum Gasteiger partial charge on any atom is -0.481 e. The van der Waals surface area contributed by atoms with Crippen LogP contribution < -0.4 is 4.74 Å². The monoisotopic (exact) mass is 460 g/mol. The van der Waals surface area contributed by atoms with Crippen molar-refractivity contribution < 1.29 is 13.9 Å². The molecule has 0 saturated carbocycles. The summed E-state index contributed by atoms with van der Waals surface area (Å²) in [5.41, 5.74) is 1.96. The number of ether oxygens (including phenoxy) is 1. The third-order valence-corrected chi connectivity index (χ3v) is 6.33. The number of piperidine rings is 1. The number of hydrogen-bond donors (Lipinski definition) is 0. The minimum absolute atomic E-state index is 0.00103. The van der Waals surface area contributed by atoms with Crippen LogP contribution >= 0.6 is 23.2 Å². The van der Waals surface area contributed by atoms with Crippen molar-refractivity contribution in [2.24, 2.45) is 0 Å². The van der Waals surface area contributed by atoms with Gasteiger partial charge in [-0.05, 0) is 69.0 Å². The van der Waals surface area contributed by atoms with Gasteiger partial charge in [-0.25, -0.2) is 4.39 Å². The topological polar surface area (TPSA) is 42.4 Å². The Kier molecular flexibility index (Phi) is 6.35. The van der Waals surface area contributed by atoms with Crippen LogP contribution in [0.15, 0.2) is 42.6 Å². The molecule has 1 aliphatic heterocycles. The first-order valence-electron chi connectivity index (χ1n) is 10.4. The molecular formula is C24H23Cl2FN2O2. The third kappa shape index (κ3) is 4.48. The fourth-order valence-corrected chi connectivity index (χ4v) is 4.80. The maximum atomic E-state index is 13.6. The van der Waals surface area contributed by atoms with Gasteiger partial charge in [0.2, 0.25) is 0 Å². The molecule has 0 aliphatic carbocycles. The van der Waals surface area contributed by atoms with Crippen LogP contribution in [-0.4, -0.2) is 34.5 Å². The number of likely N-dealkylation sites (tertiary alicyclic amines) is 1. The lowest BCUT2D eigenvalue weighted by Crippen LogP contribution is -2.47. The average molecular weight is 461 g/mol. The molecule has 1 aromatic heterocycles. The number of pyridine rings is 1. The second kappa shape index (κ2) is 9.01. The van der Waals surface area contributed by atoms with Gasteiger partial charge in [-0.2, -0.15) is 0 Å². The highest BCUT2D eigenvalue weighted by Gasteiger charge is 2.28. The Balaban J connectivity index is 1.62. The van der Waals surface area contributed by atoms with E-state index in [-0.39, 0.29) is 22.0 Å². The number of halogens is 3. The summed E-state index contributed by atoms with van der Waals surface area (Å²) in [6.45, 7) is 4.63. The summed E-state index contributed by atoms with van der Waals surface area (Å²) < 4.78 is 19.6. The van der Waals surface area contributed by atoms with Crippen molar-refractivity contribution in [2.45, 2.75) is 45.3 Å². The summed E-state index contributed by atoms with van der Waals surface area (Å²) in [6, 6.07) is 9.93. The van der Waals surface area contributed by atoms with Gasteiger partial charge in [-0.15, -0.1) is 0 Å². The Morgan fingerprint density at radius 2 is 1.94 bits per heavy atom. The van der Waals surface area contributed by atoms with Gasteiger partial charge in [-0.1, -0.05) is 23.2 Å². The van der Waals surface area contributed by atoms with Crippen LogP contribution in [0.3, 0.4) is 0 Å². The van der Waals surface area contributed by atoms with E-state index < -0.39 is 11.9 Å². The van der Waals surface area contributed by atoms with Gasteiger partial charge in [0.15, 0.2) is 6.10 Å². The molecule has 0 N–H and O–H groups in total. The second-order valence-corrected chi connectivity index (χ2v) is 8.73. The van der Waals surface area contributed by atoms with Gasteiger partial charge < -0.3 is 9.64 Å². The maximum Gasteiger partial charge on any atom is 0.263 e. The van der Waals surface area contributed by atoms with E-state index in [1.54, 1.807) is 31.3 Å². The maximum absolute atomic E-state index is 13.6. The first-order chi connectivity index (χ1) is 14.8. The predicted molar refractivity (Wildman–Crippen MR) is 122 cm³/mol. The lowest BCUT2D eigenvalue weighted by molar-refractivity contribution is -0.141. The van der Waals surface area contributed by atoms with E-state index in [0.29, 0.717) is 16.8 Å². The molecule has 3 aromatic rings. The Hall–Kier alpha value is -2.37. The third-order valence-electron chi connectivity index (χ3n) is 5.74. The molecule has 1 fully saturated rings. The van der Waals surface area contributed by atoms with E-state index in [4.69, 9.17) is 27.9 Å². The van der Waals surface area contributed by atoms with Crippen LogP contribution in [0.2, 0.25) is 10.0 Å². The second-order valence-electron chi connectivity index (χ2n) is 7.92. The molecule has 0 radical (unpaired) electrons. The number of hydrogen-bond acceptors (Lipinski definition) is 3. The standard InChI is InChI=1S/C24H23Cl2FN2O2/c1-14-5-3-4-10-29(14)24(30)15(2)31-17-6-7-18-19(8-9-28-22(18)13-17)23-20(25)11-16(27)12-21(23)26/h6-9,11-15H,3-5,10H2,1-2H3/t14-,15?/m0/s1. The first kappa shape index (κ1) is 21.8. The Morgan fingerprint density at radius 3 is 2.65 bits per heavy atom. The molecule has 0 bridgehead atoms. The first-order valence-corrected chi connectivity index (χ1v) is 11.1. The zero-order valence-electron chi connectivity index (χ0n) is 17.4. The number of carbonyl (C=O) groups excluding carboxylic acids is 1. The van der Waals surface area contributed by atoms with Crippen molar-refractivity contribution in [2.75, 3.05) is 6.54 Å². The highest BCUT2D eigenvalue weighted by molar-refractivity contribution is 6.39. The van der Waals surface area contributed by atoms with Crippen LogP contribution in [-0.2, 0) is 4.79 Å². The quantitative estimate of drug-likeness (QED) is 0.445. The zero-order chi connectivity index (χ0) is 22.1. The number of amides is 1. The van der Waals surface area contributed by atoms with Crippen molar-refractivity contribution in [1.82, 2.24) is 9.88 Å². The molecule has 4 nitrogen and oxygen atoms in total. The van der Waals surface area contributed by atoms with Crippen LogP contribution in [0.1, 0.15) is 33.1 Å². The zero-order valence-corrected chi connectivity index (χ0v) is 18.9. The van der Waals surface area contributed by atoms with E-state index in [9.17, 15) is 9.18 Å². The lowest BCUT2D eigenvalue weighted by atomic mass is 10.0. The SMILES string of the molecule is CC(Oc1ccc2c(-c3c(Cl)cc(F)cc3Cl)ccnc2c1)C(=O)N1CCCC[C@@H]1C. The summed E-state index contributed by atoms with van der Waals surface area (Å²) in [5, 5.41) is 1.26. The van der Waals surface area contributed by atoms with Gasteiger partial charge >= 0.3 is 0 Å². The van der Waals surface area contributed by atoms with Gasteiger partial charge in [-0.3, -0.25) is 9.78 Å². The summed E-state index contributed by atoms with van der Waals surface area (Å²) >= 11 is 12.6. The van der Waals surface area contributed by atoms with Gasteiger partial charge in [0.1, 0.15) is 11.6 Å². The molecule has 2 atom stereocenters. The summed E-state index contributed by atoms with van der Waals surface area (Å²) in [5.74, 6) is 0.0623. The van der Waals surface area contributed by atoms with E-state index in [1.807, 2.05) is 11.0 Å². The molecule has 4 rings (SSSR count). The molecule has 1 saturated heterocycles. The summed E-state index contributed by atoms with van der Waals surface area (Å²) in [4.78, 5) is 19.2. The minimum atomic E-state index is -0.595. The molecule has 1 unspecified atom stereocenters. The molecule has 2 aromatic carbocycles. The van der Waals surface area contributed by atoms with Gasteiger partial charge in [0.25, 0.3) is 5.91 Å². The number of fused-ring (bicyclic) bond motifs is 1. The number of aromatic nitrogens is 1. The van der Waals surface area contributed by atoms with Gasteiger partial charge in [0.05, 0.1) is 15.6 Å². The molecule has 2 heterocycles. The van der Waals surface area contributed by atoms with Crippen LogP contribution in [0.5, 0.6) is 5.75 Å². The van der Waals surface area contributed by atoms with Crippen LogP contribution in [0.4, 0.5) is 4.39 Å². The van der Waals surface area contributed by atoms with Gasteiger partial charge in [0, 0.05) is 35.8 Å². The van der Waals surface area contributed by atoms with E-state index in [0.717, 1.165) is 36.8 Å². The Morgan fingerprint density at radius 1 is 1.19 bits per heavy atom. The summed E-state index contributed by atoms with van der Waals surface area (Å²) in [7, 11) is 0. The highest BCUT2D eigenvalue weighted by atomic mass is 35.5. The molecule has 0 spiro atoms. The van der Waals surface area contributed by atoms with E-state index >= 15 is 0 Å². The van der Waals surface area contributed by atoms with Crippen molar-refractivity contribution in [3.8, 4) is 16.9 Å². The Bertz CT molecular complexity index is 1110. The average Bonchev–Trinajstić information content (AvgIpc) is 2.73. The molecule has 1 aliphatic rings. The van der Waals surface area contributed by atoms with Crippen LogP contribution in [0, 0.1) is 5.82 Å². The smallest absolute Gasteiger partial charge is 0.263 e. The van der Waals surface area contributed by atoms with Crippen molar-refractivity contribution in [3.05, 3.63) is 58.5 Å². The fraction of sp³-hybridized carbons (Fsp3) is 0.333. The number of nitrogens with zero attached hydrogens (tertiary/aromatic N) is 2. The molecule has 162 valence electrons. The van der Waals surface area contributed by atoms with Crippen molar-refractivity contribution in [3.63, 3.8) is 0 Å². The van der Waals surface area contributed by atoms with Crippen LogP contribution in [0.25, 0.3) is 22.0 Å². The molecule has 1 amide bonds. The van der Waals surface area contributed by atoms with E-state index in [1.165, 1.54) is 12.1 Å². The summed E-state index contributed by atoms with van der Waals surface area (Å²) in [6.07, 6.45) is 4.25. The number of carbonyl (C=O) groups is 1. The largest absolute Gasteiger partial charge is 0.481 e. The van der Waals surface area contributed by atoms with Crippen molar-refractivity contribution >= 4 is 40.0 Å². The highest BCUT2D eigenvalue weighted by Crippen LogP contribution is 2.39. The molecular weight excluding hydrogens is 438 g/mol.